The van der Waals surface area contributed by atoms with Gasteiger partial charge in [-0.15, -0.1) is 0 Å². The zero-order chi connectivity index (χ0) is 6.69. The van der Waals surface area contributed by atoms with Gasteiger partial charge in [-0.2, -0.15) is 0 Å². The maximum atomic E-state index is 3.16. The van der Waals surface area contributed by atoms with Crippen LogP contribution >= 0.6 is 0 Å². The number of nitrogens with zero attached hydrogens (tertiary/aromatic N) is 1. The molecule has 0 unspecified atom stereocenters. The molecule has 1 N–H and O–H groups in total. The van der Waals surface area contributed by atoms with Crippen LogP contribution in [0.4, 0.5) is 0 Å². The summed E-state index contributed by atoms with van der Waals surface area (Å²) in [6.45, 7) is 4.77. The van der Waals surface area contributed by atoms with Gasteiger partial charge in [0.15, 0.2) is 0 Å². The minimum absolute atomic E-state index is 0.939. The lowest BCUT2D eigenvalue weighted by molar-refractivity contribution is 0.143. The monoisotopic (exact) mass is 128 g/mol. The van der Waals surface area contributed by atoms with Crippen molar-refractivity contribution in [3.8, 4) is 0 Å². The fraction of sp³-hybridized carbons (Fsp3) is 1.00. The van der Waals surface area contributed by atoms with Crippen LogP contribution < -0.4 is 5.43 Å². The minimum Gasteiger partial charge on any atom is -0.258 e. The largest absolute Gasteiger partial charge is 0.258 e. The predicted octanol–water partition coefficient (Wildman–Crippen LogP) is 0.853. The molecular weight excluding hydrogens is 112 g/mol. The van der Waals surface area contributed by atoms with E-state index in [1.807, 2.05) is 7.05 Å². The van der Waals surface area contributed by atoms with Crippen molar-refractivity contribution in [2.45, 2.75) is 19.8 Å². The van der Waals surface area contributed by atoms with Gasteiger partial charge in [0.2, 0.25) is 0 Å². The molecule has 0 aromatic rings. The van der Waals surface area contributed by atoms with E-state index in [0.29, 0.717) is 0 Å². The highest BCUT2D eigenvalue weighted by molar-refractivity contribution is 4.65. The van der Waals surface area contributed by atoms with Gasteiger partial charge >= 0.3 is 0 Å². The second-order valence-electron chi connectivity index (χ2n) is 2.89. The number of hydrazine groups is 1. The molecule has 0 radical (unpaired) electrons. The summed E-state index contributed by atoms with van der Waals surface area (Å²) in [5.74, 6) is 0.939. The highest BCUT2D eigenvalue weighted by atomic mass is 15.5. The third kappa shape index (κ3) is 1.95. The van der Waals surface area contributed by atoms with Gasteiger partial charge in [0.25, 0.3) is 0 Å². The van der Waals surface area contributed by atoms with E-state index < -0.39 is 0 Å². The van der Waals surface area contributed by atoms with Crippen LogP contribution in [0, 0.1) is 5.92 Å². The topological polar surface area (TPSA) is 15.3 Å². The molecule has 1 aliphatic rings. The Hall–Kier alpha value is -0.0800. The van der Waals surface area contributed by atoms with Crippen molar-refractivity contribution in [2.24, 2.45) is 5.92 Å². The number of hydrogen-bond donors (Lipinski definition) is 1. The molecule has 0 aromatic heterocycles. The summed E-state index contributed by atoms with van der Waals surface area (Å²) in [7, 11) is 2.00. The summed E-state index contributed by atoms with van der Waals surface area (Å²) in [5.41, 5.74) is 3.16. The Balaban J connectivity index is 2.18. The van der Waals surface area contributed by atoms with Gasteiger partial charge in [-0.25, -0.2) is 5.01 Å². The average Bonchev–Trinajstić information content (AvgIpc) is 1.90. The first-order valence-electron chi connectivity index (χ1n) is 3.75. The van der Waals surface area contributed by atoms with Crippen LogP contribution in [0.25, 0.3) is 0 Å². The predicted molar refractivity (Wildman–Crippen MR) is 39.0 cm³/mol. The van der Waals surface area contributed by atoms with Crippen LogP contribution in [0.2, 0.25) is 0 Å². The lowest BCUT2D eigenvalue weighted by Gasteiger charge is -2.28. The maximum absolute atomic E-state index is 3.16. The van der Waals surface area contributed by atoms with Crippen molar-refractivity contribution < 1.29 is 0 Å². The molecule has 0 bridgehead atoms. The molecule has 1 heterocycles. The van der Waals surface area contributed by atoms with Crippen molar-refractivity contribution in [3.05, 3.63) is 0 Å². The molecule has 0 spiro atoms. The van der Waals surface area contributed by atoms with Crippen LogP contribution in [-0.2, 0) is 0 Å². The Morgan fingerprint density at radius 3 is 2.33 bits per heavy atom. The van der Waals surface area contributed by atoms with Crippen LogP contribution in [0.5, 0.6) is 0 Å². The molecule has 1 rings (SSSR count). The molecule has 1 fully saturated rings. The average molecular weight is 128 g/mol. The molecule has 0 amide bonds. The summed E-state index contributed by atoms with van der Waals surface area (Å²) in [6, 6.07) is 0. The van der Waals surface area contributed by atoms with E-state index in [2.05, 4.69) is 17.4 Å². The normalized spacial score (nSPS) is 24.7. The third-order valence-corrected chi connectivity index (χ3v) is 2.10. The molecule has 9 heavy (non-hydrogen) atoms. The molecule has 0 saturated carbocycles. The molecule has 1 saturated heterocycles. The third-order valence-electron chi connectivity index (χ3n) is 2.10. The van der Waals surface area contributed by atoms with Crippen LogP contribution in [0.15, 0.2) is 0 Å². The quantitative estimate of drug-likeness (QED) is 0.563. The van der Waals surface area contributed by atoms with Crippen LogP contribution in [0.3, 0.4) is 0 Å². The van der Waals surface area contributed by atoms with E-state index in [4.69, 9.17) is 0 Å². The standard InChI is InChI=1S/C7H16N2/c1-7-3-5-9(8-2)6-4-7/h7-8H,3-6H2,1-2H3. The fourth-order valence-corrected chi connectivity index (χ4v) is 1.23. The van der Waals surface area contributed by atoms with E-state index in [0.717, 1.165) is 5.92 Å². The van der Waals surface area contributed by atoms with Gasteiger partial charge in [-0.3, -0.25) is 5.43 Å². The Labute approximate surface area is 57.2 Å². The Morgan fingerprint density at radius 2 is 1.89 bits per heavy atom. The molecule has 54 valence electrons. The van der Waals surface area contributed by atoms with Crippen molar-refractivity contribution >= 4 is 0 Å². The Kier molecular flexibility index (Phi) is 2.49. The summed E-state index contributed by atoms with van der Waals surface area (Å²) < 4.78 is 0. The number of piperidine rings is 1. The minimum atomic E-state index is 0.939. The Bertz CT molecular complexity index is 75.0. The number of nitrogens with one attached hydrogen (secondary N) is 1. The Morgan fingerprint density at radius 1 is 1.33 bits per heavy atom. The first kappa shape index (κ1) is 7.03. The second-order valence-corrected chi connectivity index (χ2v) is 2.89. The van der Waals surface area contributed by atoms with E-state index in [9.17, 15) is 0 Å². The molecule has 1 aliphatic heterocycles. The van der Waals surface area contributed by atoms with Gasteiger partial charge in [-0.1, -0.05) is 6.92 Å². The summed E-state index contributed by atoms with van der Waals surface area (Å²) >= 11 is 0. The van der Waals surface area contributed by atoms with E-state index in [1.54, 1.807) is 0 Å². The molecule has 2 nitrogen and oxygen atoms in total. The smallest absolute Gasteiger partial charge is 0.0133 e. The molecule has 2 heteroatoms. The first-order chi connectivity index (χ1) is 4.33. The maximum Gasteiger partial charge on any atom is 0.0133 e. The van der Waals surface area contributed by atoms with Gasteiger partial charge < -0.3 is 0 Å². The SMILES string of the molecule is CNN1CCC(C)CC1. The molecule has 0 atom stereocenters. The van der Waals surface area contributed by atoms with Gasteiger partial charge in [0.1, 0.15) is 0 Å². The van der Waals surface area contributed by atoms with Crippen molar-refractivity contribution in [1.29, 1.82) is 0 Å². The molecule has 0 aliphatic carbocycles. The fourth-order valence-electron chi connectivity index (χ4n) is 1.23. The van der Waals surface area contributed by atoms with Crippen molar-refractivity contribution in [3.63, 3.8) is 0 Å². The van der Waals surface area contributed by atoms with Crippen LogP contribution in [-0.4, -0.2) is 25.1 Å². The highest BCUT2D eigenvalue weighted by Crippen LogP contribution is 2.13. The highest BCUT2D eigenvalue weighted by Gasteiger charge is 2.12. The molecule has 0 aromatic carbocycles. The lowest BCUT2D eigenvalue weighted by atomic mass is 10.0. The summed E-state index contributed by atoms with van der Waals surface area (Å²) in [5, 5.41) is 2.28. The van der Waals surface area contributed by atoms with E-state index >= 15 is 0 Å². The van der Waals surface area contributed by atoms with Crippen molar-refractivity contribution in [2.75, 3.05) is 20.1 Å². The van der Waals surface area contributed by atoms with E-state index in [-0.39, 0.29) is 0 Å². The zero-order valence-electron chi connectivity index (χ0n) is 6.35. The van der Waals surface area contributed by atoms with Crippen LogP contribution in [0.1, 0.15) is 19.8 Å². The van der Waals surface area contributed by atoms with Crippen molar-refractivity contribution in [1.82, 2.24) is 10.4 Å². The molecular formula is C7H16N2. The first-order valence-corrected chi connectivity index (χ1v) is 3.75. The summed E-state index contributed by atoms with van der Waals surface area (Å²) in [6.07, 6.45) is 2.70. The summed E-state index contributed by atoms with van der Waals surface area (Å²) in [4.78, 5) is 0. The van der Waals surface area contributed by atoms with Gasteiger partial charge in [0.05, 0.1) is 0 Å². The second kappa shape index (κ2) is 3.18. The number of hydrogen-bond acceptors (Lipinski definition) is 2. The van der Waals surface area contributed by atoms with Gasteiger partial charge in [-0.05, 0) is 25.8 Å². The van der Waals surface area contributed by atoms with Gasteiger partial charge in [0, 0.05) is 13.1 Å². The van der Waals surface area contributed by atoms with E-state index in [1.165, 1.54) is 25.9 Å². The zero-order valence-corrected chi connectivity index (χ0v) is 6.35. The lowest BCUT2D eigenvalue weighted by Crippen LogP contribution is -2.40. The number of rotatable bonds is 1.